The predicted molar refractivity (Wildman–Crippen MR) is 258 cm³/mol. The first-order valence-electron chi connectivity index (χ1n) is 22.7. The van der Waals surface area contributed by atoms with E-state index in [1.54, 1.807) is 60.7 Å². The molecule has 0 fully saturated rings. The number of carbonyl (C=O) groups is 1. The van der Waals surface area contributed by atoms with Gasteiger partial charge in [-0.2, -0.15) is 0 Å². The Morgan fingerprint density at radius 1 is 0.431 bits per heavy atom. The summed E-state index contributed by atoms with van der Waals surface area (Å²) in [5, 5.41) is 71.8. The van der Waals surface area contributed by atoms with E-state index in [2.05, 4.69) is 38.8 Å². The summed E-state index contributed by atoms with van der Waals surface area (Å²) in [4.78, 5) is 11.3. The molecule has 0 aliphatic heterocycles. The zero-order valence-electron chi connectivity index (χ0n) is 37.5. The lowest BCUT2D eigenvalue weighted by Gasteiger charge is -2.29. The Kier molecular flexibility index (Phi) is 20.8. The number of aromatic hydroxyl groups is 5. The second kappa shape index (κ2) is 26.9. The van der Waals surface area contributed by atoms with Crippen molar-refractivity contribution in [3.05, 3.63) is 149 Å². The van der Waals surface area contributed by atoms with E-state index in [0.717, 1.165) is 40.7 Å². The van der Waals surface area contributed by atoms with Crippen LogP contribution >= 0.6 is 0 Å². The molecule has 0 aliphatic carbocycles. The van der Waals surface area contributed by atoms with E-state index >= 15 is 0 Å². The van der Waals surface area contributed by atoms with Gasteiger partial charge in [0.05, 0.1) is 0 Å². The van der Waals surface area contributed by atoms with Gasteiger partial charge in [-0.15, -0.1) is 0 Å². The predicted octanol–water partition coefficient (Wildman–Crippen LogP) is 3.33. The lowest BCUT2D eigenvalue weighted by atomic mass is 10.0. The fourth-order valence-corrected chi connectivity index (χ4v) is 7.72. The summed E-state index contributed by atoms with van der Waals surface area (Å²) in [5.74, 6) is 0.752. The number of hydrogen-bond donors (Lipinski definition) is 13. The van der Waals surface area contributed by atoms with E-state index in [9.17, 15) is 30.3 Å². The van der Waals surface area contributed by atoms with Crippen molar-refractivity contribution in [1.29, 1.82) is 0 Å². The van der Waals surface area contributed by atoms with Crippen LogP contribution in [0.2, 0.25) is 0 Å². The van der Waals surface area contributed by atoms with Gasteiger partial charge in [0.1, 0.15) is 28.7 Å². The topological polar surface area (TPSA) is 242 Å². The van der Waals surface area contributed by atoms with Crippen LogP contribution in [0, 0.1) is 0 Å². The van der Waals surface area contributed by atoms with Crippen molar-refractivity contribution in [2.75, 3.05) is 45.8 Å². The van der Waals surface area contributed by atoms with Gasteiger partial charge in [-0.3, -0.25) is 4.79 Å². The summed E-state index contributed by atoms with van der Waals surface area (Å²) in [5.41, 5.74) is 17.4. The molecular weight excluding hydrogens is 821 g/mol. The zero-order valence-corrected chi connectivity index (χ0v) is 37.5. The standard InChI is InChI=1S/C51H70N8O6/c1-35(29-56-42(31-54-23-22-51(53)65)25-37-4-14-47(61)15-5-37)55-32-43(26-38-6-16-48(62)17-7-38)58-34-45(28-40-10-20-50(64)21-11-40)59-33-44(27-39-8-18-49(63)19-9-39)57-30-41(52)24-36-2-12-46(60)13-3-36/h2-21,35,41-45,54-64H,22-34,52H2,1H3,(H2,53,65)/t35-,41-,42-,43-,44-,45-/m0/s1. The highest BCUT2D eigenvalue weighted by molar-refractivity contribution is 5.73. The van der Waals surface area contributed by atoms with Gasteiger partial charge >= 0.3 is 0 Å². The van der Waals surface area contributed by atoms with Gasteiger partial charge in [0.25, 0.3) is 0 Å². The van der Waals surface area contributed by atoms with Crippen LogP contribution in [-0.4, -0.2) is 114 Å². The minimum Gasteiger partial charge on any atom is -0.508 e. The molecule has 5 aromatic carbocycles. The summed E-state index contributed by atoms with van der Waals surface area (Å²) in [7, 11) is 0. The first-order chi connectivity index (χ1) is 31.3. The molecular formula is C51H70N8O6. The number of nitrogens with two attached hydrogens (primary N) is 2. The Morgan fingerprint density at radius 2 is 0.723 bits per heavy atom. The minimum absolute atomic E-state index is 0.00143. The van der Waals surface area contributed by atoms with Gasteiger partial charge in [-0.25, -0.2) is 0 Å². The van der Waals surface area contributed by atoms with Gasteiger partial charge < -0.3 is 68.9 Å². The first kappa shape index (κ1) is 50.3. The minimum atomic E-state index is -0.345. The number of rotatable bonds is 30. The van der Waals surface area contributed by atoms with Crippen molar-refractivity contribution in [3.8, 4) is 28.7 Å². The number of phenolic OH excluding ortho intramolecular Hbond substituents is 5. The third kappa shape index (κ3) is 19.9. The highest BCUT2D eigenvalue weighted by atomic mass is 16.3. The normalized spacial score (nSPS) is 14.3. The maximum atomic E-state index is 11.3. The number of amides is 1. The molecule has 5 aromatic rings. The number of benzene rings is 5. The molecule has 5 rings (SSSR count). The van der Waals surface area contributed by atoms with Crippen LogP contribution in [0.5, 0.6) is 28.7 Å². The van der Waals surface area contributed by atoms with Crippen LogP contribution in [0.25, 0.3) is 0 Å². The second-order valence-electron chi connectivity index (χ2n) is 17.3. The smallest absolute Gasteiger partial charge is 0.218 e. The summed E-state index contributed by atoms with van der Waals surface area (Å²) in [6.07, 6.45) is 3.78. The molecule has 1 amide bonds. The molecule has 0 bridgehead atoms. The number of primary amides is 1. The van der Waals surface area contributed by atoms with E-state index in [4.69, 9.17) is 11.5 Å². The maximum absolute atomic E-state index is 11.3. The maximum Gasteiger partial charge on any atom is 0.218 e. The van der Waals surface area contributed by atoms with Gasteiger partial charge in [0.2, 0.25) is 5.91 Å². The van der Waals surface area contributed by atoms with E-state index in [1.807, 2.05) is 60.7 Å². The average molecular weight is 891 g/mol. The fraction of sp³-hybridized carbons (Fsp3) is 0.392. The third-order valence-electron chi connectivity index (χ3n) is 11.4. The molecule has 14 heteroatoms. The molecule has 0 saturated heterocycles. The van der Waals surface area contributed by atoms with Gasteiger partial charge in [-0.05, 0) is 128 Å². The second-order valence-corrected chi connectivity index (χ2v) is 17.3. The highest BCUT2D eigenvalue weighted by Gasteiger charge is 2.20. The molecule has 0 spiro atoms. The molecule has 0 unspecified atom stereocenters. The molecule has 6 atom stereocenters. The van der Waals surface area contributed by atoms with Gasteiger partial charge in [0, 0.05) is 88.5 Å². The van der Waals surface area contributed by atoms with Crippen LogP contribution in [-0.2, 0) is 36.9 Å². The van der Waals surface area contributed by atoms with Crippen LogP contribution in [0.4, 0.5) is 0 Å². The van der Waals surface area contributed by atoms with Crippen LogP contribution in [0.1, 0.15) is 41.2 Å². The van der Waals surface area contributed by atoms with Crippen molar-refractivity contribution < 1.29 is 30.3 Å². The third-order valence-corrected chi connectivity index (χ3v) is 11.4. The fourth-order valence-electron chi connectivity index (χ4n) is 7.72. The number of phenols is 5. The molecule has 0 aliphatic rings. The molecule has 0 saturated carbocycles. The molecule has 65 heavy (non-hydrogen) atoms. The van der Waals surface area contributed by atoms with Crippen molar-refractivity contribution in [2.45, 2.75) is 81.7 Å². The largest absolute Gasteiger partial charge is 0.508 e. The van der Waals surface area contributed by atoms with Crippen molar-refractivity contribution in [1.82, 2.24) is 31.9 Å². The van der Waals surface area contributed by atoms with Gasteiger partial charge in [0.15, 0.2) is 0 Å². The Hall–Kier alpha value is -5.71. The zero-order chi connectivity index (χ0) is 46.4. The SMILES string of the molecule is C[C@@H](CN[C@H](CNCCC(N)=O)Cc1ccc(O)cc1)NC[C@H](Cc1ccc(O)cc1)NC[C@H](Cc1ccc(O)cc1)NC[C@H](Cc1ccc(O)cc1)NC[C@@H](N)Cc1ccc(O)cc1. The monoisotopic (exact) mass is 891 g/mol. The van der Waals surface area contributed by atoms with Crippen LogP contribution in [0.3, 0.4) is 0 Å². The van der Waals surface area contributed by atoms with Crippen molar-refractivity contribution in [3.63, 3.8) is 0 Å². The summed E-state index contributed by atoms with van der Waals surface area (Å²) >= 11 is 0. The van der Waals surface area contributed by atoms with Crippen LogP contribution in [0.15, 0.2) is 121 Å². The Balaban J connectivity index is 1.25. The Labute approximate surface area is 383 Å². The molecule has 0 radical (unpaired) electrons. The summed E-state index contributed by atoms with van der Waals surface area (Å²) in [6.45, 7) is 6.47. The molecule has 0 aromatic heterocycles. The Morgan fingerprint density at radius 3 is 1.08 bits per heavy atom. The summed E-state index contributed by atoms with van der Waals surface area (Å²) < 4.78 is 0. The number of carbonyl (C=O) groups excluding carboxylic acids is 1. The quantitative estimate of drug-likeness (QED) is 0.0297. The first-order valence-corrected chi connectivity index (χ1v) is 22.7. The number of hydrogen-bond acceptors (Lipinski definition) is 13. The lowest BCUT2D eigenvalue weighted by molar-refractivity contribution is -0.117. The van der Waals surface area contributed by atoms with E-state index in [0.29, 0.717) is 65.1 Å². The van der Waals surface area contributed by atoms with E-state index in [1.165, 1.54) is 0 Å². The van der Waals surface area contributed by atoms with Crippen molar-refractivity contribution in [2.24, 2.45) is 11.5 Å². The Bertz CT molecular complexity index is 2090. The lowest BCUT2D eigenvalue weighted by Crippen LogP contribution is -2.53. The molecule has 350 valence electrons. The van der Waals surface area contributed by atoms with Gasteiger partial charge in [-0.1, -0.05) is 60.7 Å². The van der Waals surface area contributed by atoms with E-state index < -0.39 is 0 Å². The highest BCUT2D eigenvalue weighted by Crippen LogP contribution is 2.16. The average Bonchev–Trinajstić information content (AvgIpc) is 3.29. The van der Waals surface area contributed by atoms with Crippen molar-refractivity contribution >= 4 is 5.91 Å². The molecule has 0 heterocycles. The summed E-state index contributed by atoms with van der Waals surface area (Å²) in [6, 6.07) is 36.3. The molecule has 14 nitrogen and oxygen atoms in total. The number of nitrogens with one attached hydrogen (secondary N) is 6. The molecule has 15 N–H and O–H groups in total. The van der Waals surface area contributed by atoms with E-state index in [-0.39, 0.29) is 77.3 Å². The van der Waals surface area contributed by atoms with Crippen LogP contribution < -0.4 is 43.4 Å².